The summed E-state index contributed by atoms with van der Waals surface area (Å²) in [5.41, 5.74) is 0. The molecule has 7 heavy (non-hydrogen) atoms. The molecule has 0 aliphatic heterocycles. The minimum atomic E-state index is -4.56. The van der Waals surface area contributed by atoms with Gasteiger partial charge in [0, 0.05) is 0 Å². The summed E-state index contributed by atoms with van der Waals surface area (Å²) in [7, 11) is 0. The van der Waals surface area contributed by atoms with Crippen LogP contribution in [0.2, 0.25) is 0 Å². The van der Waals surface area contributed by atoms with Crippen molar-refractivity contribution in [3.8, 4) is 0 Å². The summed E-state index contributed by atoms with van der Waals surface area (Å²) in [6.45, 7) is -4.56. The van der Waals surface area contributed by atoms with E-state index in [-0.39, 0.29) is 51.9 Å². The van der Waals surface area contributed by atoms with Gasteiger partial charge in [0.25, 0.3) is 0 Å². The van der Waals surface area contributed by atoms with Crippen LogP contribution in [0.4, 0.5) is 0 Å². The van der Waals surface area contributed by atoms with Gasteiger partial charge < -0.3 is 21.4 Å². The number of hydrogen-bond donors (Lipinski definition) is 0. The molecule has 0 saturated carbocycles. The van der Waals surface area contributed by atoms with Gasteiger partial charge in [0.05, 0.1) is 0 Å². The van der Waals surface area contributed by atoms with Crippen molar-refractivity contribution in [2.75, 3.05) is 0 Å². The van der Waals surface area contributed by atoms with Crippen molar-refractivity contribution in [1.29, 1.82) is 0 Å². The molecule has 0 spiro atoms. The second kappa shape index (κ2) is 6.39. The van der Waals surface area contributed by atoms with E-state index >= 15 is 0 Å². The molecular formula is AuNaO3PS-. The summed E-state index contributed by atoms with van der Waals surface area (Å²) >= 11 is 3.27. The van der Waals surface area contributed by atoms with E-state index in [2.05, 4.69) is 11.8 Å². The van der Waals surface area contributed by atoms with Gasteiger partial charge in [-0.2, -0.15) is 11.8 Å². The third-order valence-corrected chi connectivity index (χ3v) is 0. The molecule has 0 N–H and O–H groups in total. The first-order valence-corrected chi connectivity index (χ1v) is 3.29. The normalized spacial score (nSPS) is 8.43. The largest absolute Gasteiger partial charge is 1.00 e. The first-order valence-electron chi connectivity index (χ1n) is 0.730. The Morgan fingerprint density at radius 3 is 1.14 bits per heavy atom. The Kier molecular flexibility index (Phi) is 14.7. The maximum atomic E-state index is 8.92. The second-order valence-corrected chi connectivity index (χ2v) is 2.68. The van der Waals surface area contributed by atoms with Crippen LogP contribution in [-0.2, 0) is 34.2 Å². The molecule has 7 heteroatoms. The quantitative estimate of drug-likeness (QED) is 0.328. The van der Waals surface area contributed by atoms with E-state index in [1.807, 2.05) is 0 Å². The van der Waals surface area contributed by atoms with Gasteiger partial charge in [0.2, 0.25) is 0 Å². The summed E-state index contributed by atoms with van der Waals surface area (Å²) in [6, 6.07) is 0. The third kappa shape index (κ3) is 63.1. The molecule has 0 amide bonds. The molecule has 0 aromatic rings. The molecule has 0 aliphatic carbocycles. The summed E-state index contributed by atoms with van der Waals surface area (Å²) in [5.74, 6) is 0. The van der Waals surface area contributed by atoms with E-state index in [0.717, 1.165) is 0 Å². The molecule has 0 aromatic heterocycles. The maximum Gasteiger partial charge on any atom is 1.00 e. The molecule has 0 unspecified atom stereocenters. The van der Waals surface area contributed by atoms with Crippen molar-refractivity contribution in [3.05, 3.63) is 0 Å². The second-order valence-electron chi connectivity index (χ2n) is 0.447. The molecule has 0 aromatic carbocycles. The van der Waals surface area contributed by atoms with Crippen molar-refractivity contribution in [3.63, 3.8) is 0 Å². The Morgan fingerprint density at radius 2 is 1.14 bits per heavy atom. The first-order chi connectivity index (χ1) is 2.00. The van der Waals surface area contributed by atoms with E-state index in [1.165, 1.54) is 0 Å². The standard InChI is InChI=1S/Au.Na.H3O3PS/c;;1-4(2,3)5/h;;(H3,1,2,3,5)/q2*+1;/p-3. The molecule has 0 saturated heterocycles. The number of rotatable bonds is 0. The van der Waals surface area contributed by atoms with Crippen LogP contribution in [0.3, 0.4) is 0 Å². The van der Waals surface area contributed by atoms with Crippen LogP contribution in [0.15, 0.2) is 0 Å². The van der Waals surface area contributed by atoms with Crippen LogP contribution in [0.25, 0.3) is 0 Å². The fourth-order valence-corrected chi connectivity index (χ4v) is 0. The van der Waals surface area contributed by atoms with Gasteiger partial charge in [-0.25, -0.2) is 0 Å². The minimum Gasteiger partial charge on any atom is -0.844 e. The van der Waals surface area contributed by atoms with Crippen molar-refractivity contribution in [2.24, 2.45) is 0 Å². The van der Waals surface area contributed by atoms with Gasteiger partial charge in [0.15, 0.2) is 0 Å². The Balaban J connectivity index is -0.0000000800. The van der Waals surface area contributed by atoms with Gasteiger partial charge in [-0.05, 0) is 0 Å². The Hall–Kier alpha value is 2.27. The smallest absolute Gasteiger partial charge is 0.844 e. The van der Waals surface area contributed by atoms with Crippen LogP contribution < -0.4 is 44.2 Å². The van der Waals surface area contributed by atoms with Gasteiger partial charge >= 0.3 is 51.9 Å². The van der Waals surface area contributed by atoms with Crippen molar-refractivity contribution in [1.82, 2.24) is 0 Å². The molecular weight excluding hydrogens is 331 g/mol. The molecule has 3 nitrogen and oxygen atoms in total. The van der Waals surface area contributed by atoms with E-state index in [0.29, 0.717) is 0 Å². The van der Waals surface area contributed by atoms with Gasteiger partial charge in [-0.1, -0.05) is 0 Å². The van der Waals surface area contributed by atoms with Crippen molar-refractivity contribution < 1.29 is 66.6 Å². The summed E-state index contributed by atoms with van der Waals surface area (Å²) in [6.07, 6.45) is 0. The van der Waals surface area contributed by atoms with Crippen LogP contribution in [0.5, 0.6) is 0 Å². The van der Waals surface area contributed by atoms with Gasteiger partial charge in [-0.3, -0.25) is 0 Å². The zero-order chi connectivity index (χ0) is 4.50. The zero-order valence-corrected chi connectivity index (χ0v) is 9.26. The van der Waals surface area contributed by atoms with Crippen LogP contribution >= 0.6 is 6.72 Å². The fraction of sp³-hybridized carbons (Fsp3) is 0. The average molecular weight is 331 g/mol. The van der Waals surface area contributed by atoms with Crippen LogP contribution in [0, 0.1) is 0 Å². The van der Waals surface area contributed by atoms with Gasteiger partial charge in [-0.15, -0.1) is 0 Å². The predicted molar refractivity (Wildman–Crippen MR) is 14.3 cm³/mol. The Bertz CT molecular complexity index is 61.1. The SMILES string of the molecule is [Au+].[Na+].[O-]P([O-])([O-])=S. The van der Waals surface area contributed by atoms with Crippen LogP contribution in [0.1, 0.15) is 0 Å². The van der Waals surface area contributed by atoms with Crippen molar-refractivity contribution >= 4 is 18.5 Å². The van der Waals surface area contributed by atoms with Crippen molar-refractivity contribution in [2.45, 2.75) is 0 Å². The van der Waals surface area contributed by atoms with Gasteiger partial charge in [0.1, 0.15) is 0 Å². The Labute approximate surface area is 84.2 Å². The summed E-state index contributed by atoms with van der Waals surface area (Å²) in [4.78, 5) is 26.8. The van der Waals surface area contributed by atoms with E-state index in [1.54, 1.807) is 0 Å². The maximum absolute atomic E-state index is 8.92. The summed E-state index contributed by atoms with van der Waals surface area (Å²) in [5, 5.41) is 0. The average Bonchev–Trinajstić information content (AvgIpc) is 0.722. The Morgan fingerprint density at radius 1 is 1.14 bits per heavy atom. The molecule has 0 aliphatic rings. The van der Waals surface area contributed by atoms with E-state index in [9.17, 15) is 0 Å². The van der Waals surface area contributed by atoms with E-state index < -0.39 is 6.72 Å². The molecule has 42 valence electrons. The molecule has 0 rings (SSSR count). The molecule has 0 bridgehead atoms. The molecule has 0 atom stereocenters. The number of hydrogen-bond acceptors (Lipinski definition) is 4. The molecule has 0 radical (unpaired) electrons. The molecule has 0 heterocycles. The topological polar surface area (TPSA) is 69.2 Å². The fourth-order valence-electron chi connectivity index (χ4n) is 0. The zero-order valence-electron chi connectivity index (χ0n) is 3.38. The monoisotopic (exact) mass is 331 g/mol. The minimum absolute atomic E-state index is 0. The van der Waals surface area contributed by atoms with E-state index in [4.69, 9.17) is 14.7 Å². The molecule has 0 fully saturated rings. The third-order valence-electron chi connectivity index (χ3n) is 0. The first kappa shape index (κ1) is 16.1. The van der Waals surface area contributed by atoms with Crippen LogP contribution in [-0.4, -0.2) is 0 Å². The predicted octanol–water partition coefficient (Wildman–Crippen LogP) is -5.71. The summed E-state index contributed by atoms with van der Waals surface area (Å²) < 4.78 is 0.